The van der Waals surface area contributed by atoms with E-state index in [1.165, 1.54) is 0 Å². The van der Waals surface area contributed by atoms with E-state index >= 15 is 0 Å². The third-order valence-electron chi connectivity index (χ3n) is 3.31. The van der Waals surface area contributed by atoms with Gasteiger partial charge in [0.05, 0.1) is 6.07 Å². The zero-order chi connectivity index (χ0) is 15.2. The summed E-state index contributed by atoms with van der Waals surface area (Å²) in [4.78, 5) is 17.8. The molecule has 1 atom stereocenters. The SMILES string of the molecule is CCc1ccc(C(=O)C(C#N)c2ccc(SC)cc2)cn1. The van der Waals surface area contributed by atoms with E-state index in [0.29, 0.717) is 5.56 Å². The molecule has 1 heterocycles. The van der Waals surface area contributed by atoms with E-state index in [0.717, 1.165) is 22.6 Å². The van der Waals surface area contributed by atoms with Gasteiger partial charge in [0.25, 0.3) is 0 Å². The van der Waals surface area contributed by atoms with Gasteiger partial charge in [-0.3, -0.25) is 9.78 Å². The van der Waals surface area contributed by atoms with Crippen molar-refractivity contribution < 1.29 is 4.79 Å². The first-order valence-corrected chi connectivity index (χ1v) is 7.94. The van der Waals surface area contributed by atoms with Gasteiger partial charge in [0.1, 0.15) is 5.92 Å². The van der Waals surface area contributed by atoms with Gasteiger partial charge in [-0.25, -0.2) is 0 Å². The fourth-order valence-electron chi connectivity index (χ4n) is 2.03. The summed E-state index contributed by atoms with van der Waals surface area (Å²) in [6.07, 6.45) is 4.37. The predicted molar refractivity (Wildman–Crippen MR) is 84.5 cm³/mol. The quantitative estimate of drug-likeness (QED) is 0.621. The van der Waals surface area contributed by atoms with Crippen LogP contribution >= 0.6 is 11.8 Å². The van der Waals surface area contributed by atoms with Crippen molar-refractivity contribution in [3.8, 4) is 6.07 Å². The van der Waals surface area contributed by atoms with E-state index in [-0.39, 0.29) is 5.78 Å². The van der Waals surface area contributed by atoms with Gasteiger partial charge < -0.3 is 0 Å². The molecule has 2 rings (SSSR count). The zero-order valence-corrected chi connectivity index (χ0v) is 12.9. The number of carbonyl (C=O) groups excluding carboxylic acids is 1. The summed E-state index contributed by atoms with van der Waals surface area (Å²) in [6.45, 7) is 2.01. The van der Waals surface area contributed by atoms with Crippen molar-refractivity contribution in [2.75, 3.05) is 6.26 Å². The van der Waals surface area contributed by atoms with Gasteiger partial charge in [-0.15, -0.1) is 11.8 Å². The largest absolute Gasteiger partial charge is 0.292 e. The van der Waals surface area contributed by atoms with Crippen molar-refractivity contribution in [2.45, 2.75) is 24.2 Å². The van der Waals surface area contributed by atoms with Crippen molar-refractivity contribution in [3.63, 3.8) is 0 Å². The van der Waals surface area contributed by atoms with Gasteiger partial charge in [-0.05, 0) is 42.5 Å². The molecule has 0 amide bonds. The average molecular weight is 296 g/mol. The number of pyridine rings is 1. The highest BCUT2D eigenvalue weighted by molar-refractivity contribution is 7.98. The number of aryl methyl sites for hydroxylation is 1. The molecule has 0 aliphatic carbocycles. The number of aromatic nitrogens is 1. The summed E-state index contributed by atoms with van der Waals surface area (Å²) in [5, 5.41) is 9.34. The second kappa shape index (κ2) is 7.05. The number of rotatable bonds is 5. The third-order valence-corrected chi connectivity index (χ3v) is 4.06. The second-order valence-corrected chi connectivity index (χ2v) is 5.47. The van der Waals surface area contributed by atoms with Crippen LogP contribution in [-0.2, 0) is 6.42 Å². The molecule has 106 valence electrons. The van der Waals surface area contributed by atoms with E-state index in [9.17, 15) is 10.1 Å². The fraction of sp³-hybridized carbons (Fsp3) is 0.235. The molecule has 0 spiro atoms. The van der Waals surface area contributed by atoms with E-state index in [1.807, 2.05) is 43.5 Å². The maximum atomic E-state index is 12.5. The number of Topliss-reactive ketones (excluding diaryl/α,β-unsaturated/α-hetero) is 1. The average Bonchev–Trinajstić information content (AvgIpc) is 2.56. The summed E-state index contributed by atoms with van der Waals surface area (Å²) < 4.78 is 0. The lowest BCUT2D eigenvalue weighted by Gasteiger charge is -2.09. The van der Waals surface area contributed by atoms with E-state index in [1.54, 1.807) is 24.0 Å². The Morgan fingerprint density at radius 3 is 2.48 bits per heavy atom. The topological polar surface area (TPSA) is 53.8 Å². The van der Waals surface area contributed by atoms with Gasteiger partial charge in [0.15, 0.2) is 5.78 Å². The van der Waals surface area contributed by atoms with Crippen molar-refractivity contribution >= 4 is 17.5 Å². The van der Waals surface area contributed by atoms with E-state index in [2.05, 4.69) is 11.1 Å². The Morgan fingerprint density at radius 2 is 2.00 bits per heavy atom. The molecule has 4 heteroatoms. The lowest BCUT2D eigenvalue weighted by molar-refractivity contribution is 0.0978. The Labute approximate surface area is 129 Å². The van der Waals surface area contributed by atoms with Crippen molar-refractivity contribution in [2.24, 2.45) is 0 Å². The van der Waals surface area contributed by atoms with Gasteiger partial charge in [0.2, 0.25) is 0 Å². The summed E-state index contributed by atoms with van der Waals surface area (Å²) in [6, 6.07) is 13.2. The smallest absolute Gasteiger partial charge is 0.185 e. The number of hydrogen-bond acceptors (Lipinski definition) is 4. The molecule has 0 aliphatic heterocycles. The zero-order valence-electron chi connectivity index (χ0n) is 12.0. The van der Waals surface area contributed by atoms with Crippen molar-refractivity contribution in [1.82, 2.24) is 4.98 Å². The fourth-order valence-corrected chi connectivity index (χ4v) is 2.44. The highest BCUT2D eigenvalue weighted by Gasteiger charge is 2.21. The Bertz CT molecular complexity index is 657. The van der Waals surface area contributed by atoms with E-state index in [4.69, 9.17) is 0 Å². The number of nitrogens with zero attached hydrogens (tertiary/aromatic N) is 2. The van der Waals surface area contributed by atoms with Crippen LogP contribution in [0.25, 0.3) is 0 Å². The maximum Gasteiger partial charge on any atom is 0.185 e. The number of benzene rings is 1. The summed E-state index contributed by atoms with van der Waals surface area (Å²) >= 11 is 1.63. The Morgan fingerprint density at radius 1 is 1.29 bits per heavy atom. The van der Waals surface area contributed by atoms with Crippen LogP contribution in [0.4, 0.5) is 0 Å². The monoisotopic (exact) mass is 296 g/mol. The minimum atomic E-state index is -0.782. The molecule has 0 N–H and O–H groups in total. The van der Waals surface area contributed by atoms with Gasteiger partial charge >= 0.3 is 0 Å². The van der Waals surface area contributed by atoms with Crippen LogP contribution in [0.5, 0.6) is 0 Å². The first-order chi connectivity index (χ1) is 10.2. The highest BCUT2D eigenvalue weighted by Crippen LogP contribution is 2.23. The molecule has 3 nitrogen and oxygen atoms in total. The number of hydrogen-bond donors (Lipinski definition) is 0. The minimum Gasteiger partial charge on any atom is -0.292 e. The Balaban J connectivity index is 2.26. The number of carbonyl (C=O) groups is 1. The molecule has 21 heavy (non-hydrogen) atoms. The van der Waals surface area contributed by atoms with Crippen LogP contribution in [-0.4, -0.2) is 17.0 Å². The normalized spacial score (nSPS) is 11.7. The van der Waals surface area contributed by atoms with Crippen LogP contribution in [0.15, 0.2) is 47.5 Å². The molecule has 1 unspecified atom stereocenters. The third kappa shape index (κ3) is 3.50. The van der Waals surface area contributed by atoms with Gasteiger partial charge in [-0.2, -0.15) is 5.26 Å². The number of nitriles is 1. The van der Waals surface area contributed by atoms with Crippen molar-refractivity contribution in [3.05, 3.63) is 59.4 Å². The summed E-state index contributed by atoms with van der Waals surface area (Å²) in [5.41, 5.74) is 2.14. The first-order valence-electron chi connectivity index (χ1n) is 6.72. The molecule has 0 aliphatic rings. The molecular weight excluding hydrogens is 280 g/mol. The summed E-state index contributed by atoms with van der Waals surface area (Å²) in [7, 11) is 0. The van der Waals surface area contributed by atoms with Crippen LogP contribution in [0.3, 0.4) is 0 Å². The van der Waals surface area contributed by atoms with Crippen molar-refractivity contribution in [1.29, 1.82) is 5.26 Å². The molecule has 2 aromatic rings. The molecule has 0 saturated carbocycles. The number of thioether (sulfide) groups is 1. The van der Waals surface area contributed by atoms with Crippen LogP contribution in [0, 0.1) is 11.3 Å². The lowest BCUT2D eigenvalue weighted by atomic mass is 9.92. The van der Waals surface area contributed by atoms with Crippen LogP contribution < -0.4 is 0 Å². The minimum absolute atomic E-state index is 0.204. The molecule has 0 saturated heterocycles. The van der Waals surface area contributed by atoms with E-state index < -0.39 is 5.92 Å². The molecule has 0 bridgehead atoms. The molecule has 0 fully saturated rings. The lowest BCUT2D eigenvalue weighted by Crippen LogP contribution is -2.11. The molecule has 1 aromatic carbocycles. The Kier molecular flexibility index (Phi) is 5.13. The Hall–Kier alpha value is -2.12. The summed E-state index contributed by atoms with van der Waals surface area (Å²) in [5.74, 6) is -0.986. The highest BCUT2D eigenvalue weighted by atomic mass is 32.2. The predicted octanol–water partition coefficient (Wildman–Crippen LogP) is 3.86. The van der Waals surface area contributed by atoms with Gasteiger partial charge in [-0.1, -0.05) is 19.1 Å². The second-order valence-electron chi connectivity index (χ2n) is 4.59. The van der Waals surface area contributed by atoms with Crippen LogP contribution in [0.1, 0.15) is 34.5 Å². The number of ketones is 1. The molecule has 1 aromatic heterocycles. The van der Waals surface area contributed by atoms with Gasteiger partial charge in [0, 0.05) is 22.3 Å². The first kappa shape index (κ1) is 15.3. The molecular formula is C17H16N2OS. The standard InChI is InChI=1S/C17H16N2OS/c1-3-14-7-4-13(11-19-14)17(20)16(10-18)12-5-8-15(21-2)9-6-12/h4-9,11,16H,3H2,1-2H3. The molecule has 0 radical (unpaired) electrons. The van der Waals surface area contributed by atoms with Crippen LogP contribution in [0.2, 0.25) is 0 Å². The maximum absolute atomic E-state index is 12.5.